The van der Waals surface area contributed by atoms with E-state index in [-0.39, 0.29) is 5.41 Å². The number of benzene rings is 10. The lowest BCUT2D eigenvalue weighted by atomic mass is 9.67. The van der Waals surface area contributed by atoms with Gasteiger partial charge in [0.2, 0.25) is 0 Å². The van der Waals surface area contributed by atoms with E-state index in [1.54, 1.807) is 0 Å². The van der Waals surface area contributed by atoms with Crippen molar-refractivity contribution in [3.63, 3.8) is 0 Å². The third-order valence-corrected chi connectivity index (χ3v) is 14.5. The van der Waals surface area contributed by atoms with Gasteiger partial charge in [0, 0.05) is 27.9 Å². The van der Waals surface area contributed by atoms with Gasteiger partial charge in [0.15, 0.2) is 0 Å². The summed E-state index contributed by atoms with van der Waals surface area (Å²) in [5.41, 5.74) is 20.1. The second-order valence-electron chi connectivity index (χ2n) is 18.4. The summed E-state index contributed by atoms with van der Waals surface area (Å²) in [4.78, 5) is 4.91. The molecule has 0 bridgehead atoms. The van der Waals surface area contributed by atoms with Crippen molar-refractivity contribution in [3.8, 4) is 22.3 Å². The quantitative estimate of drug-likeness (QED) is 0.152. The first-order chi connectivity index (χ1) is 33.0. The van der Waals surface area contributed by atoms with E-state index in [1.165, 1.54) is 55.6 Å². The smallest absolute Gasteiger partial charge is 0.137 e. The van der Waals surface area contributed by atoms with Gasteiger partial charge in [-0.25, -0.2) is 0 Å². The lowest BCUT2D eigenvalue weighted by molar-refractivity contribution is 0.660. The fourth-order valence-corrected chi connectivity index (χ4v) is 11.6. The number of nitrogens with zero attached hydrogens (tertiary/aromatic N) is 2. The Morgan fingerprint density at radius 1 is 0.328 bits per heavy atom. The molecule has 0 unspecified atom stereocenters. The topological polar surface area (TPSA) is 19.6 Å². The molecule has 10 aromatic carbocycles. The fourth-order valence-electron chi connectivity index (χ4n) is 11.6. The zero-order chi connectivity index (χ0) is 44.7. The molecule has 1 heterocycles. The molecule has 0 fully saturated rings. The second kappa shape index (κ2) is 15.1. The molecule has 0 atom stereocenters. The van der Waals surface area contributed by atoms with Crippen LogP contribution >= 0.6 is 0 Å². The number of fused-ring (bicyclic) bond motifs is 9. The summed E-state index contributed by atoms with van der Waals surface area (Å²) in [5, 5.41) is 2.16. The van der Waals surface area contributed by atoms with Crippen LogP contribution in [0.2, 0.25) is 0 Å². The predicted molar refractivity (Wildman–Crippen MR) is 278 cm³/mol. The van der Waals surface area contributed by atoms with Crippen molar-refractivity contribution in [3.05, 3.63) is 276 Å². The molecule has 3 heteroatoms. The van der Waals surface area contributed by atoms with Crippen molar-refractivity contribution in [1.29, 1.82) is 0 Å². The zero-order valence-corrected chi connectivity index (χ0v) is 37.4. The summed E-state index contributed by atoms with van der Waals surface area (Å²) >= 11 is 0. The molecule has 3 nitrogen and oxygen atoms in total. The van der Waals surface area contributed by atoms with Gasteiger partial charge in [0.25, 0.3) is 0 Å². The number of furan rings is 1. The summed E-state index contributed by atoms with van der Waals surface area (Å²) in [5.74, 6) is 0. The maximum atomic E-state index is 6.60. The van der Waals surface area contributed by atoms with E-state index < -0.39 is 5.41 Å². The van der Waals surface area contributed by atoms with Crippen molar-refractivity contribution in [2.75, 3.05) is 9.80 Å². The SMILES string of the molecule is CC1(C)c2ccccc2-c2ccc(N(c3ccccc3N(c3ccccc3)c3cccc(C4(c5ccccc5)c5ccccc5-c5ccccc54)c3)c3cccc4oc5ccccc5c34)cc21. The predicted octanol–water partition coefficient (Wildman–Crippen LogP) is 17.2. The van der Waals surface area contributed by atoms with E-state index >= 15 is 0 Å². The Kier molecular flexibility index (Phi) is 8.78. The minimum absolute atomic E-state index is 0.190. The molecule has 1 aromatic heterocycles. The van der Waals surface area contributed by atoms with Gasteiger partial charge < -0.3 is 14.2 Å². The highest BCUT2D eigenvalue weighted by molar-refractivity contribution is 6.14. The van der Waals surface area contributed by atoms with Crippen LogP contribution in [0.15, 0.2) is 247 Å². The molecule has 0 saturated heterocycles. The first-order valence-corrected chi connectivity index (χ1v) is 23.3. The van der Waals surface area contributed by atoms with Crippen LogP contribution in [0.3, 0.4) is 0 Å². The Morgan fingerprint density at radius 3 is 1.55 bits per heavy atom. The molecule has 0 radical (unpaired) electrons. The van der Waals surface area contributed by atoms with E-state index in [0.29, 0.717) is 0 Å². The highest BCUT2D eigenvalue weighted by atomic mass is 16.3. The van der Waals surface area contributed by atoms with Crippen molar-refractivity contribution < 1.29 is 4.42 Å². The van der Waals surface area contributed by atoms with Gasteiger partial charge in [-0.3, -0.25) is 0 Å². The Hall–Kier alpha value is -8.40. The van der Waals surface area contributed by atoms with Crippen LogP contribution in [0.4, 0.5) is 34.1 Å². The van der Waals surface area contributed by atoms with Crippen molar-refractivity contribution in [1.82, 2.24) is 0 Å². The van der Waals surface area contributed by atoms with Gasteiger partial charge >= 0.3 is 0 Å². The molecule has 0 saturated carbocycles. The average Bonchev–Trinajstić information content (AvgIpc) is 4.00. The standard InChI is InChI=1S/C64H46N2O/c1-63(2)53-31-13-9-27-48(53)51-40-39-47(42-56(51)63)66(59-36-20-38-61-62(59)52-30-12-18-37-60(52)67-61)58-35-17-16-34-57(58)65(45-24-7-4-8-25-45)46-26-19-23-44(41-46)64(43-21-5-3-6-22-43)54-32-14-10-28-49(54)50-29-11-15-33-55(50)64/h3-42H,1-2H3. The van der Waals surface area contributed by atoms with E-state index in [9.17, 15) is 0 Å². The van der Waals surface area contributed by atoms with Gasteiger partial charge in [-0.05, 0) is 122 Å². The summed E-state index contributed by atoms with van der Waals surface area (Å²) in [6.45, 7) is 4.72. The van der Waals surface area contributed by atoms with E-state index in [1.807, 2.05) is 6.07 Å². The fraction of sp³-hybridized carbons (Fsp3) is 0.0625. The maximum absolute atomic E-state index is 6.60. The van der Waals surface area contributed by atoms with Gasteiger partial charge in [-0.15, -0.1) is 0 Å². The summed E-state index contributed by atoms with van der Waals surface area (Å²) in [7, 11) is 0. The minimum Gasteiger partial charge on any atom is -0.456 e. The second-order valence-corrected chi connectivity index (χ2v) is 18.4. The van der Waals surface area contributed by atoms with Crippen LogP contribution in [0, 0.1) is 0 Å². The van der Waals surface area contributed by atoms with Gasteiger partial charge in [0.05, 0.1) is 27.9 Å². The molecule has 67 heavy (non-hydrogen) atoms. The zero-order valence-electron chi connectivity index (χ0n) is 37.4. The van der Waals surface area contributed by atoms with Crippen LogP contribution in [0.25, 0.3) is 44.2 Å². The Balaban J connectivity index is 1.07. The molecule has 13 rings (SSSR count). The number of rotatable bonds is 8. The molecule has 2 aliphatic rings. The van der Waals surface area contributed by atoms with Gasteiger partial charge in [-0.1, -0.05) is 190 Å². The number of para-hydroxylation sites is 4. The summed E-state index contributed by atoms with van der Waals surface area (Å²) in [6, 6.07) is 88.8. The maximum Gasteiger partial charge on any atom is 0.137 e. The molecule has 0 N–H and O–H groups in total. The third kappa shape index (κ3) is 5.77. The molecule has 0 spiro atoms. The van der Waals surface area contributed by atoms with Crippen LogP contribution in [-0.4, -0.2) is 0 Å². The number of hydrogen-bond donors (Lipinski definition) is 0. The van der Waals surface area contributed by atoms with Gasteiger partial charge in [-0.2, -0.15) is 0 Å². The van der Waals surface area contributed by atoms with Crippen LogP contribution in [0.1, 0.15) is 47.2 Å². The van der Waals surface area contributed by atoms with Crippen molar-refractivity contribution >= 4 is 56.1 Å². The molecule has 2 aliphatic carbocycles. The summed E-state index contributed by atoms with van der Waals surface area (Å²) in [6.07, 6.45) is 0. The van der Waals surface area contributed by atoms with E-state index in [2.05, 4.69) is 260 Å². The van der Waals surface area contributed by atoms with Crippen LogP contribution < -0.4 is 9.80 Å². The van der Waals surface area contributed by atoms with Crippen molar-refractivity contribution in [2.24, 2.45) is 0 Å². The first-order valence-electron chi connectivity index (χ1n) is 23.3. The van der Waals surface area contributed by atoms with E-state index in [4.69, 9.17) is 4.42 Å². The Labute approximate surface area is 391 Å². The molecular weight excluding hydrogens is 813 g/mol. The largest absolute Gasteiger partial charge is 0.456 e. The Bertz CT molecular complexity index is 3650. The highest BCUT2D eigenvalue weighted by Crippen LogP contribution is 2.58. The average molecular weight is 859 g/mol. The lowest BCUT2D eigenvalue weighted by Gasteiger charge is -2.36. The highest BCUT2D eigenvalue weighted by Gasteiger charge is 2.46. The molecule has 0 amide bonds. The number of hydrogen-bond acceptors (Lipinski definition) is 3. The molecule has 11 aromatic rings. The van der Waals surface area contributed by atoms with E-state index in [0.717, 1.165) is 56.1 Å². The van der Waals surface area contributed by atoms with Crippen LogP contribution in [-0.2, 0) is 10.8 Å². The number of anilines is 6. The molecule has 318 valence electrons. The Morgan fingerprint density at radius 2 is 0.821 bits per heavy atom. The lowest BCUT2D eigenvalue weighted by Crippen LogP contribution is -2.29. The normalized spacial score (nSPS) is 13.8. The molecular formula is C64H46N2O. The van der Waals surface area contributed by atoms with Gasteiger partial charge in [0.1, 0.15) is 11.2 Å². The summed E-state index contributed by atoms with van der Waals surface area (Å²) < 4.78 is 6.60. The monoisotopic (exact) mass is 858 g/mol. The minimum atomic E-state index is -0.550. The van der Waals surface area contributed by atoms with Crippen LogP contribution in [0.5, 0.6) is 0 Å². The third-order valence-electron chi connectivity index (χ3n) is 14.5. The van der Waals surface area contributed by atoms with Crippen molar-refractivity contribution in [2.45, 2.75) is 24.7 Å². The molecule has 0 aliphatic heterocycles. The first kappa shape index (κ1) is 39.0.